The van der Waals surface area contributed by atoms with Crippen molar-refractivity contribution in [1.82, 2.24) is 0 Å². The summed E-state index contributed by atoms with van der Waals surface area (Å²) in [7, 11) is 0. The molecule has 0 fully saturated rings. The maximum absolute atomic E-state index is 12.9. The van der Waals surface area contributed by atoms with Gasteiger partial charge in [0.25, 0.3) is 0 Å². The van der Waals surface area contributed by atoms with Crippen molar-refractivity contribution in [3.8, 4) is 6.07 Å². The van der Waals surface area contributed by atoms with Gasteiger partial charge in [0.2, 0.25) is 0 Å². The van der Waals surface area contributed by atoms with Crippen molar-refractivity contribution in [1.29, 1.82) is 5.26 Å². The van der Waals surface area contributed by atoms with Crippen molar-refractivity contribution < 1.29 is 17.6 Å². The molecule has 0 aliphatic carbocycles. The minimum absolute atomic E-state index is 0.228. The molecule has 1 heterocycles. The molecule has 0 radical (unpaired) electrons. The molecule has 0 bridgehead atoms. The summed E-state index contributed by atoms with van der Waals surface area (Å²) < 4.78 is 44.0. The van der Waals surface area contributed by atoms with Gasteiger partial charge >= 0.3 is 6.18 Å². The summed E-state index contributed by atoms with van der Waals surface area (Å²) in [4.78, 5) is 0. The van der Waals surface area contributed by atoms with E-state index in [1.54, 1.807) is 18.2 Å². The molecular weight excluding hydrogens is 281 g/mol. The van der Waals surface area contributed by atoms with Gasteiger partial charge in [-0.05, 0) is 36.8 Å². The number of hydrogen-bond donors (Lipinski definition) is 1. The molecule has 3 nitrogen and oxygen atoms in total. The van der Waals surface area contributed by atoms with E-state index in [-0.39, 0.29) is 11.6 Å². The predicted molar refractivity (Wildman–Crippen MR) is 71.5 cm³/mol. The lowest BCUT2D eigenvalue weighted by atomic mass is 10.1. The highest BCUT2D eigenvalue weighted by Crippen LogP contribution is 2.34. The normalized spacial score (nSPS) is 12.7. The first-order valence-corrected chi connectivity index (χ1v) is 6.37. The second-order valence-corrected chi connectivity index (χ2v) is 4.49. The van der Waals surface area contributed by atoms with Crippen molar-refractivity contribution >= 4 is 5.69 Å². The molecule has 0 spiro atoms. The lowest BCUT2D eigenvalue weighted by Gasteiger charge is -2.17. The van der Waals surface area contributed by atoms with Gasteiger partial charge in [-0.1, -0.05) is 6.92 Å². The third-order valence-electron chi connectivity index (χ3n) is 3.08. The molecule has 0 saturated heterocycles. The van der Waals surface area contributed by atoms with Crippen molar-refractivity contribution in [2.24, 2.45) is 0 Å². The van der Waals surface area contributed by atoms with E-state index in [1.807, 2.05) is 6.92 Å². The van der Waals surface area contributed by atoms with E-state index in [0.717, 1.165) is 6.07 Å². The summed E-state index contributed by atoms with van der Waals surface area (Å²) in [5, 5.41) is 11.8. The molecule has 0 aliphatic rings. The minimum Gasteiger partial charge on any atom is -0.467 e. The molecule has 2 rings (SSSR count). The van der Waals surface area contributed by atoms with E-state index in [1.165, 1.54) is 18.4 Å². The Balaban J connectivity index is 2.31. The van der Waals surface area contributed by atoms with Crippen molar-refractivity contribution in [2.45, 2.75) is 25.6 Å². The maximum atomic E-state index is 12.9. The first-order chi connectivity index (χ1) is 9.95. The van der Waals surface area contributed by atoms with Crippen LogP contribution < -0.4 is 5.32 Å². The third kappa shape index (κ3) is 3.37. The molecule has 1 aromatic heterocycles. The second kappa shape index (κ2) is 5.92. The summed E-state index contributed by atoms with van der Waals surface area (Å²) in [5.41, 5.74) is -1.03. The Labute approximate surface area is 120 Å². The highest BCUT2D eigenvalue weighted by Gasteiger charge is 2.34. The van der Waals surface area contributed by atoms with Crippen LogP contribution in [-0.4, -0.2) is 0 Å². The van der Waals surface area contributed by atoms with Gasteiger partial charge in [0.05, 0.1) is 29.5 Å². The fraction of sp³-hybridized carbons (Fsp3) is 0.267. The van der Waals surface area contributed by atoms with Gasteiger partial charge in [-0.2, -0.15) is 18.4 Å². The number of rotatable bonds is 4. The van der Waals surface area contributed by atoms with Crippen molar-refractivity contribution in [3.05, 3.63) is 53.5 Å². The number of alkyl halides is 3. The van der Waals surface area contributed by atoms with Crippen LogP contribution in [0.25, 0.3) is 0 Å². The summed E-state index contributed by atoms with van der Waals surface area (Å²) in [6, 6.07) is 8.38. The number of nitriles is 1. The van der Waals surface area contributed by atoms with Crippen molar-refractivity contribution in [3.63, 3.8) is 0 Å². The van der Waals surface area contributed by atoms with Crippen LogP contribution in [0.15, 0.2) is 41.0 Å². The van der Waals surface area contributed by atoms with Crippen LogP contribution in [0.3, 0.4) is 0 Å². The Bertz CT molecular complexity index is 642. The number of anilines is 1. The number of hydrogen-bond acceptors (Lipinski definition) is 3. The van der Waals surface area contributed by atoms with E-state index in [4.69, 9.17) is 9.68 Å². The second-order valence-electron chi connectivity index (χ2n) is 4.49. The zero-order valence-electron chi connectivity index (χ0n) is 11.2. The summed E-state index contributed by atoms with van der Waals surface area (Å²) in [6.45, 7) is 1.90. The molecule has 0 saturated carbocycles. The number of nitrogens with one attached hydrogen (secondary N) is 1. The Morgan fingerprint density at radius 1 is 1.33 bits per heavy atom. The van der Waals surface area contributed by atoms with Gasteiger partial charge in [0, 0.05) is 5.69 Å². The Morgan fingerprint density at radius 3 is 2.62 bits per heavy atom. The first kappa shape index (κ1) is 15.0. The molecule has 0 amide bonds. The highest BCUT2D eigenvalue weighted by atomic mass is 19.4. The smallest absolute Gasteiger partial charge is 0.417 e. The average molecular weight is 294 g/mol. The number of benzene rings is 1. The van der Waals surface area contributed by atoms with Crippen LogP contribution in [0.4, 0.5) is 18.9 Å². The monoisotopic (exact) mass is 294 g/mol. The third-order valence-corrected chi connectivity index (χ3v) is 3.08. The molecule has 1 aromatic carbocycles. The molecular formula is C15H13F3N2O. The van der Waals surface area contributed by atoms with Crippen LogP contribution in [0, 0.1) is 11.3 Å². The molecule has 110 valence electrons. The van der Waals surface area contributed by atoms with Gasteiger partial charge in [0.1, 0.15) is 5.76 Å². The summed E-state index contributed by atoms with van der Waals surface area (Å²) >= 11 is 0. The molecule has 2 aromatic rings. The van der Waals surface area contributed by atoms with Gasteiger partial charge in [-0.3, -0.25) is 0 Å². The molecule has 1 atom stereocenters. The van der Waals surface area contributed by atoms with Crippen LogP contribution in [0.5, 0.6) is 0 Å². The minimum atomic E-state index is -4.56. The topological polar surface area (TPSA) is 49.0 Å². The molecule has 21 heavy (non-hydrogen) atoms. The number of halogens is 3. The van der Waals surface area contributed by atoms with Gasteiger partial charge in [-0.25, -0.2) is 0 Å². The van der Waals surface area contributed by atoms with Gasteiger partial charge < -0.3 is 9.73 Å². The molecule has 0 aliphatic heterocycles. The van der Waals surface area contributed by atoms with Gasteiger partial charge in [0.15, 0.2) is 0 Å². The van der Waals surface area contributed by atoms with E-state index < -0.39 is 11.7 Å². The molecule has 1 N–H and O–H groups in total. The lowest BCUT2D eigenvalue weighted by molar-refractivity contribution is -0.137. The van der Waals surface area contributed by atoms with Crippen LogP contribution in [-0.2, 0) is 6.18 Å². The highest BCUT2D eigenvalue weighted by molar-refractivity contribution is 5.53. The fourth-order valence-electron chi connectivity index (χ4n) is 2.03. The predicted octanol–water partition coefficient (Wildman–Crippen LogP) is 4.73. The zero-order valence-corrected chi connectivity index (χ0v) is 11.2. The van der Waals surface area contributed by atoms with E-state index in [0.29, 0.717) is 17.9 Å². The van der Waals surface area contributed by atoms with Crippen LogP contribution in [0.2, 0.25) is 0 Å². The first-order valence-electron chi connectivity index (χ1n) is 6.37. The van der Waals surface area contributed by atoms with Crippen LogP contribution in [0.1, 0.15) is 36.3 Å². The summed E-state index contributed by atoms with van der Waals surface area (Å²) in [5.74, 6) is 0.649. The number of furan rings is 1. The van der Waals surface area contributed by atoms with E-state index in [9.17, 15) is 13.2 Å². The van der Waals surface area contributed by atoms with Gasteiger partial charge in [-0.15, -0.1) is 0 Å². The fourth-order valence-corrected chi connectivity index (χ4v) is 2.03. The largest absolute Gasteiger partial charge is 0.467 e. The van der Waals surface area contributed by atoms with Crippen molar-refractivity contribution in [2.75, 3.05) is 5.32 Å². The summed E-state index contributed by atoms with van der Waals surface area (Å²) in [6.07, 6.45) is -2.40. The maximum Gasteiger partial charge on any atom is 0.417 e. The SMILES string of the molecule is CCC(Nc1ccc(C#N)c(C(F)(F)F)c1)c1ccco1. The Hall–Kier alpha value is -2.42. The number of nitrogens with zero attached hydrogens (tertiary/aromatic N) is 1. The van der Waals surface area contributed by atoms with E-state index in [2.05, 4.69) is 5.32 Å². The lowest BCUT2D eigenvalue weighted by Crippen LogP contribution is -2.12. The van der Waals surface area contributed by atoms with E-state index >= 15 is 0 Å². The van der Waals surface area contributed by atoms with Crippen LogP contribution >= 0.6 is 0 Å². The molecule has 1 unspecified atom stereocenters. The average Bonchev–Trinajstić information content (AvgIpc) is 2.97. The molecule has 6 heteroatoms. The Morgan fingerprint density at radius 2 is 2.10 bits per heavy atom. The zero-order chi connectivity index (χ0) is 15.5. The Kier molecular flexibility index (Phi) is 4.22. The standard InChI is InChI=1S/C15H13F3N2O/c1-2-13(14-4-3-7-21-14)20-11-6-5-10(9-19)12(8-11)15(16,17)18/h3-8,13,20H,2H2,1H3. The quantitative estimate of drug-likeness (QED) is 0.886.